The van der Waals surface area contributed by atoms with Crippen LogP contribution in [0.3, 0.4) is 0 Å². The zero-order valence-electron chi connectivity index (χ0n) is 8.86. The van der Waals surface area contributed by atoms with Gasteiger partial charge in [0.05, 0.1) is 0 Å². The minimum absolute atomic E-state index is 0.0367. The highest BCUT2D eigenvalue weighted by Gasteiger charge is 2.09. The number of ketones is 1. The quantitative estimate of drug-likeness (QED) is 0.812. The molecule has 4 heteroatoms. The highest BCUT2D eigenvalue weighted by atomic mass is 79.9. The van der Waals surface area contributed by atoms with Crippen molar-refractivity contribution in [1.29, 1.82) is 0 Å². The van der Waals surface area contributed by atoms with Gasteiger partial charge >= 0.3 is 0 Å². The summed E-state index contributed by atoms with van der Waals surface area (Å²) >= 11 is 3.24. The van der Waals surface area contributed by atoms with E-state index in [1.165, 1.54) is 18.3 Å². The Hall–Kier alpha value is -1.55. The van der Waals surface area contributed by atoms with Gasteiger partial charge in [-0.15, -0.1) is 0 Å². The van der Waals surface area contributed by atoms with Crippen LogP contribution in [0.2, 0.25) is 0 Å². The number of benzene rings is 1. The average molecular weight is 294 g/mol. The summed E-state index contributed by atoms with van der Waals surface area (Å²) in [5.41, 5.74) is 1.32. The molecule has 0 fully saturated rings. The first kappa shape index (κ1) is 11.9. The van der Waals surface area contributed by atoms with Crippen molar-refractivity contribution >= 4 is 21.7 Å². The van der Waals surface area contributed by atoms with Gasteiger partial charge in [0.15, 0.2) is 5.78 Å². The zero-order valence-corrected chi connectivity index (χ0v) is 10.4. The SMILES string of the molecule is O=C(Cc1ccc(F)cc1Br)c1cccnc1. The summed E-state index contributed by atoms with van der Waals surface area (Å²) < 4.78 is 13.5. The third-order valence-electron chi connectivity index (χ3n) is 2.35. The second kappa shape index (κ2) is 5.19. The molecular weight excluding hydrogens is 285 g/mol. The molecule has 17 heavy (non-hydrogen) atoms. The largest absolute Gasteiger partial charge is 0.294 e. The van der Waals surface area contributed by atoms with E-state index in [9.17, 15) is 9.18 Å². The molecule has 1 heterocycles. The molecule has 0 amide bonds. The Morgan fingerprint density at radius 3 is 2.82 bits per heavy atom. The van der Waals surface area contributed by atoms with Crippen LogP contribution in [0.5, 0.6) is 0 Å². The lowest BCUT2D eigenvalue weighted by Gasteiger charge is -2.03. The molecule has 2 nitrogen and oxygen atoms in total. The fourth-order valence-electron chi connectivity index (χ4n) is 1.47. The fraction of sp³-hybridized carbons (Fsp3) is 0.0769. The second-order valence-electron chi connectivity index (χ2n) is 3.58. The second-order valence-corrected chi connectivity index (χ2v) is 4.43. The molecule has 0 aliphatic heterocycles. The van der Waals surface area contributed by atoms with Crippen molar-refractivity contribution in [3.63, 3.8) is 0 Å². The molecule has 0 N–H and O–H groups in total. The van der Waals surface area contributed by atoms with Crippen LogP contribution in [0, 0.1) is 5.82 Å². The lowest BCUT2D eigenvalue weighted by Crippen LogP contribution is -2.04. The van der Waals surface area contributed by atoms with Crippen LogP contribution in [-0.4, -0.2) is 10.8 Å². The van der Waals surface area contributed by atoms with Gasteiger partial charge in [0.25, 0.3) is 0 Å². The van der Waals surface area contributed by atoms with Crippen LogP contribution in [0.25, 0.3) is 0 Å². The lowest BCUT2D eigenvalue weighted by molar-refractivity contribution is 0.0992. The first-order valence-electron chi connectivity index (χ1n) is 5.04. The van der Waals surface area contributed by atoms with Gasteiger partial charge < -0.3 is 0 Å². The Balaban J connectivity index is 2.19. The van der Waals surface area contributed by atoms with Crippen molar-refractivity contribution in [2.75, 3.05) is 0 Å². The summed E-state index contributed by atoms with van der Waals surface area (Å²) in [4.78, 5) is 15.8. The summed E-state index contributed by atoms with van der Waals surface area (Å²) in [5.74, 6) is -0.361. The topological polar surface area (TPSA) is 30.0 Å². The normalized spacial score (nSPS) is 10.2. The lowest BCUT2D eigenvalue weighted by atomic mass is 10.0. The maximum atomic E-state index is 12.9. The van der Waals surface area contributed by atoms with E-state index in [0.717, 1.165) is 5.56 Å². The Labute approximate surface area is 107 Å². The van der Waals surface area contributed by atoms with E-state index in [2.05, 4.69) is 20.9 Å². The average Bonchev–Trinajstić information content (AvgIpc) is 2.34. The van der Waals surface area contributed by atoms with Gasteiger partial charge in [-0.2, -0.15) is 0 Å². The fourth-order valence-corrected chi connectivity index (χ4v) is 1.96. The summed E-state index contributed by atoms with van der Waals surface area (Å²) in [6.45, 7) is 0. The number of Topliss-reactive ketones (excluding diaryl/α,β-unsaturated/α-hetero) is 1. The van der Waals surface area contributed by atoms with Crippen LogP contribution in [0.15, 0.2) is 47.2 Å². The van der Waals surface area contributed by atoms with E-state index >= 15 is 0 Å². The number of carbonyl (C=O) groups is 1. The van der Waals surface area contributed by atoms with Gasteiger partial charge in [0.2, 0.25) is 0 Å². The van der Waals surface area contributed by atoms with Crippen molar-refractivity contribution in [3.05, 3.63) is 64.1 Å². The molecule has 86 valence electrons. The number of nitrogens with zero attached hydrogens (tertiary/aromatic N) is 1. The molecule has 2 aromatic rings. The van der Waals surface area contributed by atoms with Crippen molar-refractivity contribution < 1.29 is 9.18 Å². The van der Waals surface area contributed by atoms with Gasteiger partial charge in [-0.3, -0.25) is 9.78 Å². The maximum Gasteiger partial charge on any atom is 0.168 e. The molecule has 0 aliphatic carbocycles. The molecule has 0 unspecified atom stereocenters. The van der Waals surface area contributed by atoms with Crippen molar-refractivity contribution in [2.24, 2.45) is 0 Å². The van der Waals surface area contributed by atoms with E-state index in [1.54, 1.807) is 24.4 Å². The third-order valence-corrected chi connectivity index (χ3v) is 3.09. The smallest absolute Gasteiger partial charge is 0.168 e. The van der Waals surface area contributed by atoms with Crippen LogP contribution in [0.4, 0.5) is 4.39 Å². The Bertz CT molecular complexity index is 542. The molecule has 0 saturated heterocycles. The minimum Gasteiger partial charge on any atom is -0.294 e. The monoisotopic (exact) mass is 293 g/mol. The van der Waals surface area contributed by atoms with Gasteiger partial charge in [-0.1, -0.05) is 22.0 Å². The summed E-state index contributed by atoms with van der Waals surface area (Å²) in [7, 11) is 0. The van der Waals surface area contributed by atoms with Gasteiger partial charge in [0.1, 0.15) is 5.82 Å². The van der Waals surface area contributed by atoms with E-state index in [1.807, 2.05) is 0 Å². The number of pyridine rings is 1. The molecule has 0 radical (unpaired) electrons. The van der Waals surface area contributed by atoms with Crippen LogP contribution < -0.4 is 0 Å². The first-order chi connectivity index (χ1) is 8.16. The molecule has 0 atom stereocenters. The molecule has 0 aliphatic rings. The molecule has 2 rings (SSSR count). The Morgan fingerprint density at radius 1 is 1.35 bits per heavy atom. The van der Waals surface area contributed by atoms with Gasteiger partial charge in [-0.25, -0.2) is 4.39 Å². The molecule has 0 saturated carbocycles. The first-order valence-corrected chi connectivity index (χ1v) is 5.83. The van der Waals surface area contributed by atoms with Crippen molar-refractivity contribution in [2.45, 2.75) is 6.42 Å². The Morgan fingerprint density at radius 2 is 2.18 bits per heavy atom. The summed E-state index contributed by atoms with van der Waals surface area (Å²) in [5, 5.41) is 0. The van der Waals surface area contributed by atoms with Crippen LogP contribution in [0.1, 0.15) is 15.9 Å². The number of halogens is 2. The Kier molecular flexibility index (Phi) is 3.64. The number of hydrogen-bond acceptors (Lipinski definition) is 2. The maximum absolute atomic E-state index is 12.9. The van der Waals surface area contributed by atoms with E-state index < -0.39 is 0 Å². The number of carbonyl (C=O) groups excluding carboxylic acids is 1. The number of hydrogen-bond donors (Lipinski definition) is 0. The van der Waals surface area contributed by atoms with Gasteiger partial charge in [0, 0.05) is 28.9 Å². The molecule has 1 aromatic heterocycles. The highest BCUT2D eigenvalue weighted by molar-refractivity contribution is 9.10. The van der Waals surface area contributed by atoms with E-state index in [4.69, 9.17) is 0 Å². The van der Waals surface area contributed by atoms with Crippen molar-refractivity contribution in [1.82, 2.24) is 4.98 Å². The molecule has 0 spiro atoms. The number of aromatic nitrogens is 1. The molecule has 1 aromatic carbocycles. The summed E-state index contributed by atoms with van der Waals surface area (Å²) in [6, 6.07) is 7.73. The minimum atomic E-state index is -0.325. The third kappa shape index (κ3) is 2.97. The predicted molar refractivity (Wildman–Crippen MR) is 66.4 cm³/mol. The molecular formula is C13H9BrFNO. The number of rotatable bonds is 3. The standard InChI is InChI=1S/C13H9BrFNO/c14-12-7-11(15)4-3-9(12)6-13(17)10-2-1-5-16-8-10/h1-5,7-8H,6H2. The van der Waals surface area contributed by atoms with E-state index in [0.29, 0.717) is 10.0 Å². The zero-order chi connectivity index (χ0) is 12.3. The van der Waals surface area contributed by atoms with E-state index in [-0.39, 0.29) is 18.0 Å². The van der Waals surface area contributed by atoms with Crippen LogP contribution in [-0.2, 0) is 6.42 Å². The highest BCUT2D eigenvalue weighted by Crippen LogP contribution is 2.19. The van der Waals surface area contributed by atoms with Gasteiger partial charge in [-0.05, 0) is 29.8 Å². The molecule has 0 bridgehead atoms. The van der Waals surface area contributed by atoms with Crippen LogP contribution >= 0.6 is 15.9 Å². The predicted octanol–water partition coefficient (Wildman–Crippen LogP) is 3.41. The summed E-state index contributed by atoms with van der Waals surface area (Å²) in [6.07, 6.45) is 3.37. The van der Waals surface area contributed by atoms with Crippen molar-refractivity contribution in [3.8, 4) is 0 Å².